The van der Waals surface area contributed by atoms with Crippen molar-refractivity contribution in [3.05, 3.63) is 34.3 Å². The summed E-state index contributed by atoms with van der Waals surface area (Å²) in [4.78, 5) is 36.1. The number of methoxy groups -OCH3 is 3. The molecule has 7 heteroatoms. The Kier molecular flexibility index (Phi) is 6.55. The summed E-state index contributed by atoms with van der Waals surface area (Å²) < 4.78 is 14.9. The molecule has 0 amide bonds. The third-order valence-corrected chi connectivity index (χ3v) is 3.87. The second-order valence-electron chi connectivity index (χ2n) is 4.47. The lowest BCUT2D eigenvalue weighted by atomic mass is 9.76. The largest absolute Gasteiger partial charge is 0.469 e. The number of carbonyl (C=O) groups is 3. The van der Waals surface area contributed by atoms with Gasteiger partial charge in [0.05, 0.1) is 21.3 Å². The fourth-order valence-electron chi connectivity index (χ4n) is 2.14. The van der Waals surface area contributed by atoms with Gasteiger partial charge >= 0.3 is 17.9 Å². The molecule has 0 spiro atoms. The molecule has 22 heavy (non-hydrogen) atoms. The van der Waals surface area contributed by atoms with Crippen molar-refractivity contribution in [3.63, 3.8) is 0 Å². The fourth-order valence-corrected chi connectivity index (χ4v) is 2.41. The van der Waals surface area contributed by atoms with E-state index in [1.165, 1.54) is 21.3 Å². The lowest BCUT2D eigenvalue weighted by molar-refractivity contribution is -0.162. The molecule has 1 aromatic rings. The van der Waals surface area contributed by atoms with Crippen LogP contribution in [0.1, 0.15) is 18.4 Å². The molecule has 6 nitrogen and oxygen atoms in total. The van der Waals surface area contributed by atoms with Gasteiger partial charge in [-0.2, -0.15) is 0 Å². The average molecular weight is 373 g/mol. The SMILES string of the molecule is COC(=O)CCC(C(=O)OC)(C(=O)OC)c1ccc(Br)cc1. The molecule has 1 aromatic carbocycles. The van der Waals surface area contributed by atoms with Crippen molar-refractivity contribution in [1.29, 1.82) is 0 Å². The lowest BCUT2D eigenvalue weighted by Gasteiger charge is -2.28. The molecular weight excluding hydrogens is 356 g/mol. The number of carbonyl (C=O) groups excluding carboxylic acids is 3. The Morgan fingerprint density at radius 3 is 1.86 bits per heavy atom. The van der Waals surface area contributed by atoms with Gasteiger partial charge in [0.15, 0.2) is 5.41 Å². The Hall–Kier alpha value is -1.89. The summed E-state index contributed by atoms with van der Waals surface area (Å²) in [6, 6.07) is 6.59. The van der Waals surface area contributed by atoms with Gasteiger partial charge in [0, 0.05) is 10.9 Å². The highest BCUT2D eigenvalue weighted by molar-refractivity contribution is 9.10. The van der Waals surface area contributed by atoms with Crippen LogP contribution < -0.4 is 0 Å². The van der Waals surface area contributed by atoms with Gasteiger partial charge in [0.1, 0.15) is 0 Å². The van der Waals surface area contributed by atoms with Gasteiger partial charge in [-0.25, -0.2) is 0 Å². The summed E-state index contributed by atoms with van der Waals surface area (Å²) in [5.41, 5.74) is -1.32. The minimum atomic E-state index is -1.71. The quantitative estimate of drug-likeness (QED) is 0.431. The van der Waals surface area contributed by atoms with Gasteiger partial charge in [-0.3, -0.25) is 14.4 Å². The Bertz CT molecular complexity index is 536. The average Bonchev–Trinajstić information content (AvgIpc) is 2.55. The molecule has 0 aliphatic carbocycles. The second-order valence-corrected chi connectivity index (χ2v) is 5.39. The number of rotatable bonds is 6. The molecule has 0 bridgehead atoms. The molecule has 0 saturated heterocycles. The Morgan fingerprint density at radius 2 is 1.45 bits per heavy atom. The molecule has 0 radical (unpaired) electrons. The highest BCUT2D eigenvalue weighted by Gasteiger charge is 2.50. The maximum Gasteiger partial charge on any atom is 0.327 e. The summed E-state index contributed by atoms with van der Waals surface area (Å²) in [5, 5.41) is 0. The van der Waals surface area contributed by atoms with Crippen molar-refractivity contribution in [1.82, 2.24) is 0 Å². The predicted molar refractivity (Wildman–Crippen MR) is 81.1 cm³/mol. The molecule has 120 valence electrons. The molecule has 0 atom stereocenters. The molecule has 1 rings (SSSR count). The molecule has 0 heterocycles. The zero-order valence-electron chi connectivity index (χ0n) is 12.6. The number of halogens is 1. The smallest absolute Gasteiger partial charge is 0.327 e. The molecule has 0 aliphatic rings. The molecule has 0 aromatic heterocycles. The van der Waals surface area contributed by atoms with E-state index in [-0.39, 0.29) is 12.8 Å². The van der Waals surface area contributed by atoms with Crippen LogP contribution in [0.3, 0.4) is 0 Å². The van der Waals surface area contributed by atoms with Crippen molar-refractivity contribution in [2.24, 2.45) is 0 Å². The van der Waals surface area contributed by atoms with Crippen molar-refractivity contribution >= 4 is 33.8 Å². The second kappa shape index (κ2) is 7.93. The molecule has 0 fully saturated rings. The Balaban J connectivity index is 3.37. The van der Waals surface area contributed by atoms with E-state index in [9.17, 15) is 14.4 Å². The summed E-state index contributed by atoms with van der Waals surface area (Å²) >= 11 is 3.29. The van der Waals surface area contributed by atoms with Crippen LogP contribution in [0.5, 0.6) is 0 Å². The van der Waals surface area contributed by atoms with Gasteiger partial charge in [-0.1, -0.05) is 28.1 Å². The number of hydrogen-bond acceptors (Lipinski definition) is 6. The van der Waals surface area contributed by atoms with Crippen LogP contribution in [0.25, 0.3) is 0 Å². The van der Waals surface area contributed by atoms with E-state index in [1.807, 2.05) is 0 Å². The van der Waals surface area contributed by atoms with E-state index in [1.54, 1.807) is 24.3 Å². The van der Waals surface area contributed by atoms with E-state index in [0.717, 1.165) is 4.47 Å². The van der Waals surface area contributed by atoms with Crippen LogP contribution >= 0.6 is 15.9 Å². The number of hydrogen-bond donors (Lipinski definition) is 0. The van der Waals surface area contributed by atoms with Gasteiger partial charge in [-0.05, 0) is 24.1 Å². The summed E-state index contributed by atoms with van der Waals surface area (Å²) in [7, 11) is 3.59. The Labute approximate surface area is 136 Å². The molecule has 0 N–H and O–H groups in total. The first-order chi connectivity index (χ1) is 10.4. The van der Waals surface area contributed by atoms with Crippen molar-refractivity contribution in [2.75, 3.05) is 21.3 Å². The monoisotopic (exact) mass is 372 g/mol. The highest BCUT2D eigenvalue weighted by Crippen LogP contribution is 2.33. The Morgan fingerprint density at radius 1 is 0.955 bits per heavy atom. The lowest BCUT2D eigenvalue weighted by Crippen LogP contribution is -2.46. The predicted octanol–water partition coefficient (Wildman–Crippen LogP) is 1.99. The van der Waals surface area contributed by atoms with Crippen molar-refractivity contribution in [3.8, 4) is 0 Å². The minimum absolute atomic E-state index is 0.110. The normalized spacial score (nSPS) is 10.7. The summed E-state index contributed by atoms with van der Waals surface area (Å²) in [5.74, 6) is -2.11. The minimum Gasteiger partial charge on any atom is -0.469 e. The highest BCUT2D eigenvalue weighted by atomic mass is 79.9. The zero-order chi connectivity index (χ0) is 16.8. The molecule has 0 saturated carbocycles. The van der Waals surface area contributed by atoms with Crippen LogP contribution in [0.2, 0.25) is 0 Å². The van der Waals surface area contributed by atoms with Gasteiger partial charge in [0.25, 0.3) is 0 Å². The van der Waals surface area contributed by atoms with E-state index < -0.39 is 23.3 Å². The van der Waals surface area contributed by atoms with Gasteiger partial charge in [0.2, 0.25) is 0 Å². The maximum atomic E-state index is 12.3. The van der Waals surface area contributed by atoms with Crippen molar-refractivity contribution < 1.29 is 28.6 Å². The van der Waals surface area contributed by atoms with Crippen LogP contribution in [-0.4, -0.2) is 39.2 Å². The first-order valence-electron chi connectivity index (χ1n) is 6.42. The van der Waals surface area contributed by atoms with E-state index in [0.29, 0.717) is 5.56 Å². The van der Waals surface area contributed by atoms with Crippen LogP contribution in [-0.2, 0) is 34.0 Å². The van der Waals surface area contributed by atoms with Crippen LogP contribution in [0.15, 0.2) is 28.7 Å². The number of ether oxygens (including phenoxy) is 3. The van der Waals surface area contributed by atoms with E-state index >= 15 is 0 Å². The maximum absolute atomic E-state index is 12.3. The number of benzene rings is 1. The fraction of sp³-hybridized carbons (Fsp3) is 0.400. The first-order valence-corrected chi connectivity index (χ1v) is 7.21. The summed E-state index contributed by atoms with van der Waals surface area (Å²) in [6.07, 6.45) is -0.239. The number of esters is 3. The van der Waals surface area contributed by atoms with Gasteiger partial charge < -0.3 is 14.2 Å². The topological polar surface area (TPSA) is 78.9 Å². The van der Waals surface area contributed by atoms with Crippen LogP contribution in [0.4, 0.5) is 0 Å². The molecule has 0 unspecified atom stereocenters. The molecular formula is C15H17BrO6. The van der Waals surface area contributed by atoms with E-state index in [2.05, 4.69) is 20.7 Å². The third kappa shape index (κ3) is 3.65. The van der Waals surface area contributed by atoms with E-state index in [4.69, 9.17) is 9.47 Å². The summed E-state index contributed by atoms with van der Waals surface area (Å²) in [6.45, 7) is 0. The standard InChI is InChI=1S/C15H17BrO6/c1-20-12(17)8-9-15(13(18)21-2,14(19)22-3)10-4-6-11(16)7-5-10/h4-7H,8-9H2,1-3H3. The van der Waals surface area contributed by atoms with Crippen molar-refractivity contribution in [2.45, 2.75) is 18.3 Å². The third-order valence-electron chi connectivity index (χ3n) is 3.34. The first kappa shape index (κ1) is 18.2. The zero-order valence-corrected chi connectivity index (χ0v) is 14.1. The van der Waals surface area contributed by atoms with Crippen LogP contribution in [0, 0.1) is 0 Å². The van der Waals surface area contributed by atoms with Gasteiger partial charge in [-0.15, -0.1) is 0 Å². The molecule has 0 aliphatic heterocycles.